The van der Waals surface area contributed by atoms with Gasteiger partial charge in [0.1, 0.15) is 18.2 Å². The molecule has 0 radical (unpaired) electrons. The molecule has 1 aromatic carbocycles. The number of rotatable bonds is 11. The van der Waals surface area contributed by atoms with Crippen molar-refractivity contribution >= 4 is 17.8 Å². The molecule has 10 heteroatoms. The van der Waals surface area contributed by atoms with Crippen LogP contribution in [0, 0.1) is 0 Å². The zero-order chi connectivity index (χ0) is 21.2. The molecule has 0 saturated carbocycles. The summed E-state index contributed by atoms with van der Waals surface area (Å²) >= 11 is 0. The molecule has 1 unspecified atom stereocenters. The summed E-state index contributed by atoms with van der Waals surface area (Å²) in [5.41, 5.74) is 0.612. The molecule has 0 saturated heterocycles. The van der Waals surface area contributed by atoms with E-state index >= 15 is 0 Å². The van der Waals surface area contributed by atoms with Crippen molar-refractivity contribution in [2.45, 2.75) is 44.8 Å². The van der Waals surface area contributed by atoms with Crippen LogP contribution in [0.1, 0.15) is 31.7 Å². The lowest BCUT2D eigenvalue weighted by Gasteiger charge is -2.19. The van der Waals surface area contributed by atoms with Crippen molar-refractivity contribution in [3.8, 4) is 5.75 Å². The van der Waals surface area contributed by atoms with E-state index in [-0.39, 0.29) is 26.0 Å². The van der Waals surface area contributed by atoms with Gasteiger partial charge in [0.2, 0.25) is 11.8 Å². The molecule has 0 fully saturated rings. The zero-order valence-corrected chi connectivity index (χ0v) is 15.3. The predicted octanol–water partition coefficient (Wildman–Crippen LogP) is 2.05. The maximum Gasteiger partial charge on any atom is 0.397 e. The Balaban J connectivity index is 2.67. The average Bonchev–Trinajstić information content (AvgIpc) is 2.58. The van der Waals surface area contributed by atoms with Gasteiger partial charge in [-0.15, -0.1) is 0 Å². The Bertz CT molecular complexity index is 662. The molecule has 0 aliphatic heterocycles. The third-order valence-electron chi connectivity index (χ3n) is 3.53. The van der Waals surface area contributed by atoms with Gasteiger partial charge in [-0.2, -0.15) is 13.2 Å². The highest BCUT2D eigenvalue weighted by atomic mass is 19.4. The van der Waals surface area contributed by atoms with Gasteiger partial charge in [0.15, 0.2) is 0 Å². The van der Waals surface area contributed by atoms with E-state index in [4.69, 9.17) is 9.84 Å². The van der Waals surface area contributed by atoms with Crippen LogP contribution in [-0.4, -0.2) is 48.3 Å². The molecule has 156 valence electrons. The summed E-state index contributed by atoms with van der Waals surface area (Å²) in [6.07, 6.45) is -5.97. The summed E-state index contributed by atoms with van der Waals surface area (Å²) < 4.78 is 42.4. The molecule has 0 bridgehead atoms. The molecular formula is C18H23F3N2O5. The average molecular weight is 404 g/mol. The molecule has 0 heterocycles. The Morgan fingerprint density at radius 1 is 1.18 bits per heavy atom. The molecule has 7 nitrogen and oxygen atoms in total. The van der Waals surface area contributed by atoms with Gasteiger partial charge < -0.3 is 20.5 Å². The monoisotopic (exact) mass is 404 g/mol. The number of hydrogen-bond donors (Lipinski definition) is 3. The third kappa shape index (κ3) is 9.79. The minimum atomic E-state index is -4.66. The van der Waals surface area contributed by atoms with Crippen molar-refractivity contribution < 1.29 is 37.4 Å². The zero-order valence-electron chi connectivity index (χ0n) is 15.3. The number of carbonyl (C=O) groups excluding carboxylic acids is 2. The Labute approximate surface area is 160 Å². The highest BCUT2D eigenvalue weighted by Gasteiger charge is 2.33. The standard InChI is InChI=1S/C18H23F3N2O5/c1-2-22-17(27)14(23-15(24)11-18(19,20)21)10-12-5-7-13(8-6-12)28-9-3-4-16(25)26/h5-8,14H,2-4,9-11H2,1H3,(H,22,27)(H,23,24)(H,25,26). The number of ether oxygens (including phenoxy) is 1. The van der Waals surface area contributed by atoms with Crippen molar-refractivity contribution in [3.05, 3.63) is 29.8 Å². The fraction of sp³-hybridized carbons (Fsp3) is 0.500. The van der Waals surface area contributed by atoms with Crippen LogP contribution in [0.25, 0.3) is 0 Å². The number of alkyl halides is 3. The van der Waals surface area contributed by atoms with Gasteiger partial charge in [0.25, 0.3) is 0 Å². The van der Waals surface area contributed by atoms with Crippen molar-refractivity contribution in [3.63, 3.8) is 0 Å². The van der Waals surface area contributed by atoms with E-state index in [1.54, 1.807) is 31.2 Å². The van der Waals surface area contributed by atoms with E-state index in [1.165, 1.54) is 0 Å². The van der Waals surface area contributed by atoms with Crippen molar-refractivity contribution in [1.29, 1.82) is 0 Å². The maximum absolute atomic E-state index is 12.3. The normalized spacial score (nSPS) is 12.1. The first-order chi connectivity index (χ1) is 13.1. The maximum atomic E-state index is 12.3. The molecule has 0 spiro atoms. The summed E-state index contributed by atoms with van der Waals surface area (Å²) in [4.78, 5) is 34.0. The van der Waals surface area contributed by atoms with E-state index in [9.17, 15) is 27.6 Å². The summed E-state index contributed by atoms with van der Waals surface area (Å²) in [5.74, 6) is -2.28. The first-order valence-electron chi connectivity index (χ1n) is 8.68. The van der Waals surface area contributed by atoms with Crippen LogP contribution in [0.2, 0.25) is 0 Å². The molecule has 0 aromatic heterocycles. The number of likely N-dealkylation sites (N-methyl/N-ethyl adjacent to an activating group) is 1. The lowest BCUT2D eigenvalue weighted by molar-refractivity contribution is -0.155. The fourth-order valence-corrected chi connectivity index (χ4v) is 2.30. The molecular weight excluding hydrogens is 381 g/mol. The van der Waals surface area contributed by atoms with Crippen molar-refractivity contribution in [2.24, 2.45) is 0 Å². The number of hydrogen-bond acceptors (Lipinski definition) is 4. The molecule has 0 aliphatic carbocycles. The molecule has 1 rings (SSSR count). The second kappa shape index (κ2) is 11.2. The number of benzene rings is 1. The minimum absolute atomic E-state index is 0.00866. The van der Waals surface area contributed by atoms with Gasteiger partial charge in [-0.05, 0) is 31.0 Å². The molecule has 1 atom stereocenters. The summed E-state index contributed by atoms with van der Waals surface area (Å²) in [5, 5.41) is 13.2. The van der Waals surface area contributed by atoms with Gasteiger partial charge in [-0.1, -0.05) is 12.1 Å². The van der Waals surface area contributed by atoms with Gasteiger partial charge >= 0.3 is 12.1 Å². The Morgan fingerprint density at radius 3 is 2.36 bits per heavy atom. The van der Waals surface area contributed by atoms with Crippen LogP contribution in [0.3, 0.4) is 0 Å². The number of carboxylic acid groups (broad SMARTS) is 1. The van der Waals surface area contributed by atoms with Gasteiger partial charge in [0.05, 0.1) is 6.61 Å². The second-order valence-electron chi connectivity index (χ2n) is 6.00. The van der Waals surface area contributed by atoms with Crippen molar-refractivity contribution in [1.82, 2.24) is 10.6 Å². The first kappa shape index (κ1) is 23.3. The van der Waals surface area contributed by atoms with Gasteiger partial charge in [0, 0.05) is 19.4 Å². The lowest BCUT2D eigenvalue weighted by atomic mass is 10.0. The molecule has 2 amide bonds. The number of aliphatic carboxylic acids is 1. The smallest absolute Gasteiger partial charge is 0.397 e. The van der Waals surface area contributed by atoms with Crippen LogP contribution >= 0.6 is 0 Å². The van der Waals surface area contributed by atoms with E-state index in [1.807, 2.05) is 0 Å². The fourth-order valence-electron chi connectivity index (χ4n) is 2.30. The third-order valence-corrected chi connectivity index (χ3v) is 3.53. The number of amides is 2. The highest BCUT2D eigenvalue weighted by Crippen LogP contribution is 2.19. The van der Waals surface area contributed by atoms with Crippen LogP contribution in [0.4, 0.5) is 13.2 Å². The van der Waals surface area contributed by atoms with Crippen LogP contribution in [0.15, 0.2) is 24.3 Å². The number of halogens is 3. The topological polar surface area (TPSA) is 105 Å². The van der Waals surface area contributed by atoms with E-state index < -0.39 is 36.4 Å². The number of nitrogens with one attached hydrogen (secondary N) is 2. The van der Waals surface area contributed by atoms with Crippen LogP contribution < -0.4 is 15.4 Å². The molecule has 1 aromatic rings. The van der Waals surface area contributed by atoms with Crippen LogP contribution in [0.5, 0.6) is 5.75 Å². The van der Waals surface area contributed by atoms with Gasteiger partial charge in [-0.25, -0.2) is 0 Å². The molecule has 3 N–H and O–H groups in total. The lowest BCUT2D eigenvalue weighted by Crippen LogP contribution is -2.48. The summed E-state index contributed by atoms with van der Waals surface area (Å²) in [6, 6.07) is 5.30. The van der Waals surface area contributed by atoms with E-state index in [0.717, 1.165) is 0 Å². The van der Waals surface area contributed by atoms with Crippen LogP contribution in [-0.2, 0) is 20.8 Å². The van der Waals surface area contributed by atoms with E-state index in [2.05, 4.69) is 10.6 Å². The summed E-state index contributed by atoms with van der Waals surface area (Å²) in [6.45, 7) is 2.15. The number of carboxylic acids is 1. The minimum Gasteiger partial charge on any atom is -0.494 e. The molecule has 28 heavy (non-hydrogen) atoms. The van der Waals surface area contributed by atoms with Crippen molar-refractivity contribution in [2.75, 3.05) is 13.2 Å². The number of carbonyl (C=O) groups is 3. The SMILES string of the molecule is CCNC(=O)C(Cc1ccc(OCCCC(=O)O)cc1)NC(=O)CC(F)(F)F. The van der Waals surface area contributed by atoms with Gasteiger partial charge in [-0.3, -0.25) is 14.4 Å². The highest BCUT2D eigenvalue weighted by molar-refractivity contribution is 5.88. The second-order valence-corrected chi connectivity index (χ2v) is 6.00. The quantitative estimate of drug-likeness (QED) is 0.490. The Kier molecular flexibility index (Phi) is 9.26. The first-order valence-corrected chi connectivity index (χ1v) is 8.68. The predicted molar refractivity (Wildman–Crippen MR) is 93.8 cm³/mol. The molecule has 0 aliphatic rings. The largest absolute Gasteiger partial charge is 0.494 e. The summed E-state index contributed by atoms with van der Waals surface area (Å²) in [7, 11) is 0. The Morgan fingerprint density at radius 2 is 1.82 bits per heavy atom. The Hall–Kier alpha value is -2.78. The van der Waals surface area contributed by atoms with E-state index in [0.29, 0.717) is 17.7 Å².